The predicted molar refractivity (Wildman–Crippen MR) is 155 cm³/mol. The van der Waals surface area contributed by atoms with Crippen LogP contribution in [0, 0.1) is 0 Å². The molecule has 0 N–H and O–H groups in total. The molecule has 0 heterocycles. The van der Waals surface area contributed by atoms with Crippen molar-refractivity contribution in [2.75, 3.05) is 13.2 Å². The van der Waals surface area contributed by atoms with Gasteiger partial charge in [-0.05, 0) is 41.3 Å². The third-order valence-corrected chi connectivity index (χ3v) is 6.41. The van der Waals surface area contributed by atoms with Gasteiger partial charge in [-0.1, -0.05) is 93.6 Å². The first-order valence-electron chi connectivity index (χ1n) is 13.1. The van der Waals surface area contributed by atoms with Crippen LogP contribution in [0.2, 0.25) is 0 Å². The van der Waals surface area contributed by atoms with Gasteiger partial charge in [0.2, 0.25) is 0 Å². The van der Waals surface area contributed by atoms with Crippen molar-refractivity contribution in [1.82, 2.24) is 0 Å². The first-order valence-corrected chi connectivity index (χ1v) is 13.1. The first-order chi connectivity index (χ1) is 19.3. The molecule has 0 aliphatic heterocycles. The molecule has 0 amide bonds. The smallest absolute Gasteiger partial charge is 0.349 e. The van der Waals surface area contributed by atoms with Crippen molar-refractivity contribution >= 4 is 33.5 Å². The molecule has 0 aliphatic carbocycles. The van der Waals surface area contributed by atoms with Gasteiger partial charge in [0.1, 0.15) is 23.0 Å². The highest BCUT2D eigenvalue weighted by Crippen LogP contribution is 2.44. The lowest BCUT2D eigenvalue weighted by molar-refractivity contribution is -0.137. The Morgan fingerprint density at radius 1 is 0.550 bits per heavy atom. The van der Waals surface area contributed by atoms with Gasteiger partial charge >= 0.3 is 11.9 Å². The second kappa shape index (κ2) is 11.5. The summed E-state index contributed by atoms with van der Waals surface area (Å²) >= 11 is 0. The van der Waals surface area contributed by atoms with Gasteiger partial charge < -0.3 is 18.9 Å². The number of fused-ring (bicyclic) bond motifs is 2. The zero-order chi connectivity index (χ0) is 28.1. The first kappa shape index (κ1) is 26.8. The molecule has 5 rings (SSSR count). The number of carbonyl (C=O) groups excluding carboxylic acids is 2. The topological polar surface area (TPSA) is 71.1 Å². The van der Waals surface area contributed by atoms with Crippen LogP contribution >= 0.6 is 0 Å². The Labute approximate surface area is 233 Å². The molecule has 0 spiro atoms. The van der Waals surface area contributed by atoms with Crippen LogP contribution in [0.25, 0.3) is 21.5 Å². The van der Waals surface area contributed by atoms with E-state index >= 15 is 0 Å². The van der Waals surface area contributed by atoms with Gasteiger partial charge in [-0.3, -0.25) is 0 Å². The summed E-state index contributed by atoms with van der Waals surface area (Å²) in [4.78, 5) is 25.3. The van der Waals surface area contributed by atoms with Crippen LogP contribution in [0.3, 0.4) is 0 Å². The molecule has 0 radical (unpaired) electrons. The molecule has 0 aliphatic rings. The lowest BCUT2D eigenvalue weighted by Gasteiger charge is -2.22. The average molecular weight is 535 g/mol. The number of esters is 2. The lowest BCUT2D eigenvalue weighted by Crippen LogP contribution is -2.19. The molecular weight excluding hydrogens is 504 g/mol. The Balaban J connectivity index is 1.51. The molecule has 40 heavy (non-hydrogen) atoms. The number of ether oxygens (including phenoxy) is 4. The van der Waals surface area contributed by atoms with Gasteiger partial charge in [0.05, 0.1) is 0 Å². The molecule has 0 unspecified atom stereocenters. The van der Waals surface area contributed by atoms with E-state index in [2.05, 4.69) is 26.8 Å². The fourth-order valence-electron chi connectivity index (χ4n) is 4.44. The second-order valence-corrected chi connectivity index (χ2v) is 10.4. The summed E-state index contributed by atoms with van der Waals surface area (Å²) in [6.45, 7) is 5.83. The van der Waals surface area contributed by atoms with Crippen molar-refractivity contribution in [3.05, 3.63) is 109 Å². The van der Waals surface area contributed by atoms with Crippen molar-refractivity contribution in [2.45, 2.75) is 26.2 Å². The van der Waals surface area contributed by atoms with Gasteiger partial charge in [0, 0.05) is 21.5 Å². The Morgan fingerprint density at radius 2 is 0.975 bits per heavy atom. The summed E-state index contributed by atoms with van der Waals surface area (Å²) in [5.74, 6) is 0.952. The maximum Gasteiger partial charge on any atom is 0.349 e. The fraction of sp³-hybridized carbons (Fsp3) is 0.176. The van der Waals surface area contributed by atoms with Crippen molar-refractivity contribution in [1.29, 1.82) is 0 Å². The molecule has 6 nitrogen and oxygen atoms in total. The fourth-order valence-corrected chi connectivity index (χ4v) is 4.44. The molecule has 0 saturated carbocycles. The molecule has 0 fully saturated rings. The quantitative estimate of drug-likeness (QED) is 0.119. The monoisotopic (exact) mass is 534 g/mol. The molecule has 6 heteroatoms. The molecule has 0 saturated heterocycles. The van der Waals surface area contributed by atoms with E-state index in [9.17, 15) is 9.59 Å². The molecule has 0 aromatic heterocycles. The minimum Gasteiger partial charge on any atom is -0.481 e. The SMILES string of the molecule is CC(C)(C)c1ccc2c(OCC(=O)Oc3ccccc3)c3ccccc3c(OCC(=O)Oc3ccccc3)c2c1. The largest absolute Gasteiger partial charge is 0.481 e. The standard InChI is InChI=1S/C34H30O6/c1-34(2,3)23-18-19-28-29(20-23)33(38-22-31(36)40-25-14-8-5-9-15-25)27-17-11-10-16-26(27)32(28)37-21-30(35)39-24-12-6-4-7-13-24/h4-20H,21-22H2,1-3H3. The summed E-state index contributed by atoms with van der Waals surface area (Å²) in [7, 11) is 0. The van der Waals surface area contributed by atoms with Gasteiger partial charge in [-0.2, -0.15) is 0 Å². The van der Waals surface area contributed by atoms with E-state index in [1.54, 1.807) is 48.5 Å². The zero-order valence-electron chi connectivity index (χ0n) is 22.7. The minimum atomic E-state index is -0.515. The number of benzene rings is 5. The molecule has 0 bridgehead atoms. The van der Waals surface area contributed by atoms with E-state index in [0.717, 1.165) is 27.1 Å². The van der Waals surface area contributed by atoms with Crippen molar-refractivity contribution in [3.63, 3.8) is 0 Å². The highest BCUT2D eigenvalue weighted by Gasteiger charge is 2.22. The summed E-state index contributed by atoms with van der Waals surface area (Å²) in [6, 6.07) is 31.4. The highest BCUT2D eigenvalue weighted by atomic mass is 16.6. The number of rotatable bonds is 8. The molecule has 202 valence electrons. The van der Waals surface area contributed by atoms with Gasteiger partial charge in [-0.15, -0.1) is 0 Å². The Bertz CT molecular complexity index is 1650. The number of para-hydroxylation sites is 2. The van der Waals surface area contributed by atoms with Crippen molar-refractivity contribution < 1.29 is 28.5 Å². The van der Waals surface area contributed by atoms with E-state index < -0.39 is 11.9 Å². The Hall–Kier alpha value is -4.84. The van der Waals surface area contributed by atoms with Crippen LogP contribution in [0.5, 0.6) is 23.0 Å². The van der Waals surface area contributed by atoms with Crippen LogP contribution in [0.15, 0.2) is 103 Å². The van der Waals surface area contributed by atoms with Crippen molar-refractivity contribution in [2.24, 2.45) is 0 Å². The minimum absolute atomic E-state index is 0.135. The normalized spacial score (nSPS) is 11.3. The second-order valence-electron chi connectivity index (χ2n) is 10.4. The van der Waals surface area contributed by atoms with E-state index in [0.29, 0.717) is 23.0 Å². The van der Waals surface area contributed by atoms with Crippen LogP contribution in [-0.2, 0) is 15.0 Å². The summed E-state index contributed by atoms with van der Waals surface area (Å²) in [5.41, 5.74) is 0.950. The summed E-state index contributed by atoms with van der Waals surface area (Å²) in [5, 5.41) is 3.02. The number of hydrogen-bond donors (Lipinski definition) is 0. The molecule has 0 atom stereocenters. The highest BCUT2D eigenvalue weighted by molar-refractivity contribution is 6.11. The van der Waals surface area contributed by atoms with Gasteiger partial charge in [0.25, 0.3) is 0 Å². The van der Waals surface area contributed by atoms with Crippen molar-refractivity contribution in [3.8, 4) is 23.0 Å². The van der Waals surface area contributed by atoms with E-state index in [4.69, 9.17) is 18.9 Å². The zero-order valence-corrected chi connectivity index (χ0v) is 22.7. The Morgan fingerprint density at radius 3 is 1.45 bits per heavy atom. The van der Waals surface area contributed by atoms with Crippen LogP contribution in [0.4, 0.5) is 0 Å². The average Bonchev–Trinajstić information content (AvgIpc) is 2.95. The van der Waals surface area contributed by atoms with Crippen LogP contribution in [0.1, 0.15) is 26.3 Å². The predicted octanol–water partition coefficient (Wildman–Crippen LogP) is 7.26. The van der Waals surface area contributed by atoms with E-state index in [-0.39, 0.29) is 18.6 Å². The molecule has 5 aromatic rings. The third-order valence-electron chi connectivity index (χ3n) is 6.41. The van der Waals surface area contributed by atoms with Crippen LogP contribution in [-0.4, -0.2) is 25.2 Å². The summed E-state index contributed by atoms with van der Waals surface area (Å²) < 4.78 is 23.2. The van der Waals surface area contributed by atoms with Crippen LogP contribution < -0.4 is 18.9 Å². The molecular formula is C34H30O6. The van der Waals surface area contributed by atoms with E-state index in [1.165, 1.54) is 0 Å². The maximum atomic E-state index is 12.7. The Kier molecular flexibility index (Phi) is 7.69. The number of carbonyl (C=O) groups is 2. The summed E-state index contributed by atoms with van der Waals surface area (Å²) in [6.07, 6.45) is 0. The van der Waals surface area contributed by atoms with Gasteiger partial charge in [-0.25, -0.2) is 9.59 Å². The van der Waals surface area contributed by atoms with E-state index in [1.807, 2.05) is 48.5 Å². The maximum absolute atomic E-state index is 12.7. The lowest BCUT2D eigenvalue weighted by atomic mass is 9.85. The molecule has 5 aromatic carbocycles. The number of hydrogen-bond acceptors (Lipinski definition) is 6. The van der Waals surface area contributed by atoms with Gasteiger partial charge in [0.15, 0.2) is 13.2 Å². The third kappa shape index (κ3) is 6.07.